The maximum Gasteiger partial charge on any atom is 0.181 e. The van der Waals surface area contributed by atoms with Gasteiger partial charge in [-0.3, -0.25) is 0 Å². The molecule has 1 aromatic rings. The summed E-state index contributed by atoms with van der Waals surface area (Å²) in [6, 6.07) is 3.36. The van der Waals surface area contributed by atoms with E-state index < -0.39 is 0 Å². The largest absolute Gasteiger partial charge is 0.619 e. The van der Waals surface area contributed by atoms with Crippen LogP contribution in [0.4, 0.5) is 0 Å². The van der Waals surface area contributed by atoms with Crippen LogP contribution in [-0.4, -0.2) is 12.8 Å². The van der Waals surface area contributed by atoms with E-state index in [1.165, 1.54) is 12.4 Å². The van der Waals surface area contributed by atoms with Crippen molar-refractivity contribution in [2.24, 2.45) is 5.16 Å². The first-order valence-electron chi connectivity index (χ1n) is 4.67. The molecule has 0 unspecified atom stereocenters. The zero-order valence-electron chi connectivity index (χ0n) is 8.22. The van der Waals surface area contributed by atoms with Crippen molar-refractivity contribution in [3.05, 3.63) is 35.3 Å². The molecule has 4 nitrogen and oxygen atoms in total. The number of hydrogen-bond donors (Lipinski definition) is 0. The van der Waals surface area contributed by atoms with Crippen molar-refractivity contribution in [2.75, 3.05) is 6.61 Å². The molecule has 1 aromatic heterocycles. The van der Waals surface area contributed by atoms with Crippen LogP contribution < -0.4 is 4.73 Å². The predicted molar refractivity (Wildman–Crippen MR) is 53.9 cm³/mol. The fourth-order valence-corrected chi connectivity index (χ4v) is 0.870. The Kier molecular flexibility index (Phi) is 4.47. The van der Waals surface area contributed by atoms with Gasteiger partial charge in [-0.25, -0.2) is 0 Å². The third-order valence-corrected chi connectivity index (χ3v) is 1.69. The Morgan fingerprint density at radius 1 is 1.50 bits per heavy atom. The maximum atomic E-state index is 10.7. The molecular weight excluding hydrogens is 180 g/mol. The van der Waals surface area contributed by atoms with Crippen LogP contribution in [0.3, 0.4) is 0 Å². The van der Waals surface area contributed by atoms with Crippen LogP contribution in [-0.2, 0) is 4.84 Å². The summed E-state index contributed by atoms with van der Waals surface area (Å²) in [5, 5.41) is 14.5. The molecule has 0 radical (unpaired) electrons. The third kappa shape index (κ3) is 3.89. The second-order valence-corrected chi connectivity index (χ2v) is 2.91. The molecule has 0 bridgehead atoms. The molecule has 0 amide bonds. The quantitative estimate of drug-likeness (QED) is 0.234. The highest BCUT2D eigenvalue weighted by molar-refractivity contribution is 5.78. The van der Waals surface area contributed by atoms with Gasteiger partial charge in [-0.05, 0) is 6.42 Å². The van der Waals surface area contributed by atoms with Gasteiger partial charge in [-0.2, -0.15) is 4.73 Å². The Hall–Kier alpha value is -1.58. The van der Waals surface area contributed by atoms with Crippen molar-refractivity contribution in [3.63, 3.8) is 0 Å². The first kappa shape index (κ1) is 10.5. The van der Waals surface area contributed by atoms with E-state index in [0.29, 0.717) is 6.61 Å². The SMILES string of the molecule is CCCCO/N=C/c1cc[n+]([O-])cc1. The summed E-state index contributed by atoms with van der Waals surface area (Å²) in [7, 11) is 0. The highest BCUT2D eigenvalue weighted by Crippen LogP contribution is 1.92. The molecule has 0 saturated carbocycles. The minimum absolute atomic E-state index is 0.640. The molecule has 0 saturated heterocycles. The standard InChI is InChI=1S/C10H14N2O2/c1-2-3-8-14-11-9-10-4-6-12(13)7-5-10/h4-7,9H,2-3,8H2,1H3/b11-9+. The summed E-state index contributed by atoms with van der Waals surface area (Å²) in [6.07, 6.45) is 6.54. The van der Waals surface area contributed by atoms with Crippen LogP contribution in [0.5, 0.6) is 0 Å². The van der Waals surface area contributed by atoms with E-state index >= 15 is 0 Å². The molecule has 1 rings (SSSR count). The van der Waals surface area contributed by atoms with Gasteiger partial charge in [0.25, 0.3) is 0 Å². The molecule has 1 heterocycles. The predicted octanol–water partition coefficient (Wildman–Crippen LogP) is 1.47. The van der Waals surface area contributed by atoms with Crippen LogP contribution in [0.1, 0.15) is 25.3 Å². The highest BCUT2D eigenvalue weighted by atomic mass is 16.6. The van der Waals surface area contributed by atoms with Crippen LogP contribution in [0, 0.1) is 5.21 Å². The number of nitrogens with zero attached hydrogens (tertiary/aromatic N) is 2. The summed E-state index contributed by atoms with van der Waals surface area (Å²) < 4.78 is 0.731. The van der Waals surface area contributed by atoms with E-state index in [1.54, 1.807) is 18.3 Å². The molecule has 0 aliphatic carbocycles. The van der Waals surface area contributed by atoms with Gasteiger partial charge in [-0.15, -0.1) is 0 Å². The summed E-state index contributed by atoms with van der Waals surface area (Å²) >= 11 is 0. The average Bonchev–Trinajstić information content (AvgIpc) is 2.21. The van der Waals surface area contributed by atoms with Gasteiger partial charge < -0.3 is 10.0 Å². The Morgan fingerprint density at radius 3 is 2.86 bits per heavy atom. The Balaban J connectivity index is 2.33. The number of hydrogen-bond acceptors (Lipinski definition) is 3. The number of oxime groups is 1. The van der Waals surface area contributed by atoms with E-state index in [-0.39, 0.29) is 0 Å². The summed E-state index contributed by atoms with van der Waals surface area (Å²) in [5.74, 6) is 0. The lowest BCUT2D eigenvalue weighted by Gasteiger charge is -1.96. The number of aromatic nitrogens is 1. The lowest BCUT2D eigenvalue weighted by molar-refractivity contribution is -0.605. The Bertz CT molecular complexity index is 283. The molecule has 0 aliphatic rings. The van der Waals surface area contributed by atoms with E-state index in [9.17, 15) is 5.21 Å². The van der Waals surface area contributed by atoms with Crippen LogP contribution >= 0.6 is 0 Å². The van der Waals surface area contributed by atoms with Gasteiger partial charge in [0.15, 0.2) is 12.4 Å². The molecule has 0 N–H and O–H groups in total. The lowest BCUT2D eigenvalue weighted by atomic mass is 10.3. The molecule has 0 aromatic carbocycles. The topological polar surface area (TPSA) is 48.5 Å². The number of rotatable bonds is 5. The first-order chi connectivity index (χ1) is 6.83. The van der Waals surface area contributed by atoms with Crippen molar-refractivity contribution in [1.29, 1.82) is 0 Å². The Labute approximate surface area is 83.4 Å². The van der Waals surface area contributed by atoms with Gasteiger partial charge in [0.2, 0.25) is 0 Å². The smallest absolute Gasteiger partial charge is 0.181 e. The Morgan fingerprint density at radius 2 is 2.21 bits per heavy atom. The second kappa shape index (κ2) is 5.96. The summed E-state index contributed by atoms with van der Waals surface area (Å²) in [6.45, 7) is 2.73. The first-order valence-corrected chi connectivity index (χ1v) is 4.67. The van der Waals surface area contributed by atoms with Crippen LogP contribution in [0.2, 0.25) is 0 Å². The molecule has 0 aliphatic heterocycles. The molecule has 4 heteroatoms. The van der Waals surface area contributed by atoms with Gasteiger partial charge >= 0.3 is 0 Å². The highest BCUT2D eigenvalue weighted by Gasteiger charge is 1.90. The van der Waals surface area contributed by atoms with Crippen molar-refractivity contribution in [3.8, 4) is 0 Å². The van der Waals surface area contributed by atoms with Gasteiger partial charge in [0, 0.05) is 17.7 Å². The van der Waals surface area contributed by atoms with Crippen molar-refractivity contribution in [2.45, 2.75) is 19.8 Å². The van der Waals surface area contributed by atoms with Crippen molar-refractivity contribution in [1.82, 2.24) is 0 Å². The lowest BCUT2D eigenvalue weighted by Crippen LogP contribution is -2.23. The molecule has 0 spiro atoms. The fourth-order valence-electron chi connectivity index (χ4n) is 0.870. The fraction of sp³-hybridized carbons (Fsp3) is 0.400. The van der Waals surface area contributed by atoms with Gasteiger partial charge in [0.05, 0.1) is 6.21 Å². The summed E-state index contributed by atoms with van der Waals surface area (Å²) in [5.41, 5.74) is 0.855. The minimum atomic E-state index is 0.640. The van der Waals surface area contributed by atoms with E-state index in [2.05, 4.69) is 12.1 Å². The van der Waals surface area contributed by atoms with Crippen LogP contribution in [0.15, 0.2) is 29.7 Å². The number of pyridine rings is 1. The third-order valence-electron chi connectivity index (χ3n) is 1.69. The van der Waals surface area contributed by atoms with Gasteiger partial charge in [0.1, 0.15) is 6.61 Å². The zero-order valence-corrected chi connectivity index (χ0v) is 8.22. The zero-order chi connectivity index (χ0) is 10.2. The van der Waals surface area contributed by atoms with E-state index in [4.69, 9.17) is 4.84 Å². The van der Waals surface area contributed by atoms with Crippen LogP contribution in [0.25, 0.3) is 0 Å². The second-order valence-electron chi connectivity index (χ2n) is 2.91. The molecule has 76 valence electrons. The monoisotopic (exact) mass is 194 g/mol. The summed E-state index contributed by atoms with van der Waals surface area (Å²) in [4.78, 5) is 4.99. The van der Waals surface area contributed by atoms with Crippen molar-refractivity contribution >= 4 is 6.21 Å². The van der Waals surface area contributed by atoms with E-state index in [1.807, 2.05) is 0 Å². The maximum absolute atomic E-state index is 10.7. The molecule has 14 heavy (non-hydrogen) atoms. The van der Waals surface area contributed by atoms with E-state index in [0.717, 1.165) is 23.1 Å². The van der Waals surface area contributed by atoms with Gasteiger partial charge in [-0.1, -0.05) is 18.5 Å². The normalized spacial score (nSPS) is 10.6. The molecule has 0 fully saturated rings. The van der Waals surface area contributed by atoms with Crippen molar-refractivity contribution < 1.29 is 9.57 Å². The molecular formula is C10H14N2O2. The number of unbranched alkanes of at least 4 members (excludes halogenated alkanes) is 1. The average molecular weight is 194 g/mol. The molecule has 0 atom stereocenters. The minimum Gasteiger partial charge on any atom is -0.619 e.